The van der Waals surface area contributed by atoms with Crippen LogP contribution in [0.2, 0.25) is 0 Å². The van der Waals surface area contributed by atoms with Gasteiger partial charge in [-0.05, 0) is 47.1 Å². The van der Waals surface area contributed by atoms with E-state index in [1.54, 1.807) is 4.90 Å². The lowest BCUT2D eigenvalue weighted by atomic mass is 10.1. The molecule has 1 aliphatic heterocycles. The summed E-state index contributed by atoms with van der Waals surface area (Å²) in [6, 6.07) is 5.59. The Hall–Kier alpha value is -0.910. The average Bonchev–Trinajstić information content (AvgIpc) is 2.51. The highest BCUT2D eigenvalue weighted by Crippen LogP contribution is 2.32. The predicted octanol–water partition coefficient (Wildman–Crippen LogP) is 2.87. The zero-order valence-electron chi connectivity index (χ0n) is 9.87. The van der Waals surface area contributed by atoms with Gasteiger partial charge in [-0.15, -0.1) is 0 Å². The minimum Gasteiger partial charge on any atom is -0.305 e. The Labute approximate surface area is 114 Å². The fourth-order valence-electron chi connectivity index (χ4n) is 1.91. The quantitative estimate of drug-likeness (QED) is 0.625. The van der Waals surface area contributed by atoms with E-state index in [2.05, 4.69) is 36.4 Å². The maximum absolute atomic E-state index is 11.9. The number of ketones is 1. The van der Waals surface area contributed by atoms with Crippen molar-refractivity contribution in [2.45, 2.75) is 20.3 Å². The zero-order chi connectivity index (χ0) is 12.6. The molecule has 1 aliphatic rings. The number of rotatable bonds is 3. The number of fused-ring (bicyclic) bond motifs is 1. The minimum absolute atomic E-state index is 0.367. The summed E-state index contributed by atoms with van der Waals surface area (Å²) in [7, 11) is 0. The Morgan fingerprint density at radius 1 is 1.29 bits per heavy atom. The van der Waals surface area contributed by atoms with Crippen LogP contribution < -0.4 is 4.90 Å². The van der Waals surface area contributed by atoms with Crippen LogP contribution in [0.1, 0.15) is 30.6 Å². The number of anilines is 1. The molecule has 2 rings (SSSR count). The molecule has 0 aliphatic carbocycles. The molecule has 0 bridgehead atoms. The number of halogens is 1. The number of carbonyl (C=O) groups is 2. The molecule has 4 heteroatoms. The number of carbonyl (C=O) groups excluding carboxylic acids is 2. The van der Waals surface area contributed by atoms with E-state index in [9.17, 15) is 9.59 Å². The molecule has 1 heterocycles. The van der Waals surface area contributed by atoms with Crippen molar-refractivity contribution in [2.24, 2.45) is 5.92 Å². The van der Waals surface area contributed by atoms with Crippen LogP contribution in [0.3, 0.4) is 0 Å². The number of nitrogens with zero attached hydrogens (tertiary/aromatic N) is 1. The number of hydrogen-bond donors (Lipinski definition) is 0. The highest BCUT2D eigenvalue weighted by atomic mass is 127. The fourth-order valence-corrected chi connectivity index (χ4v) is 2.64. The van der Waals surface area contributed by atoms with Gasteiger partial charge in [0.05, 0.1) is 11.3 Å². The predicted molar refractivity (Wildman–Crippen MR) is 75.3 cm³/mol. The molecule has 17 heavy (non-hydrogen) atoms. The monoisotopic (exact) mass is 343 g/mol. The third-order valence-electron chi connectivity index (χ3n) is 2.88. The van der Waals surface area contributed by atoms with Crippen LogP contribution in [-0.2, 0) is 4.79 Å². The first-order chi connectivity index (χ1) is 8.02. The second-order valence-corrected chi connectivity index (χ2v) is 5.76. The third kappa shape index (κ3) is 2.22. The topological polar surface area (TPSA) is 37.4 Å². The first-order valence-corrected chi connectivity index (χ1v) is 6.75. The Balaban J connectivity index is 2.35. The second kappa shape index (κ2) is 4.76. The molecule has 0 spiro atoms. The molecule has 1 aromatic rings. The fraction of sp³-hybridized carbons (Fsp3) is 0.385. The van der Waals surface area contributed by atoms with Crippen molar-refractivity contribution in [1.82, 2.24) is 0 Å². The number of hydrogen-bond acceptors (Lipinski definition) is 2. The van der Waals surface area contributed by atoms with Gasteiger partial charge in [0.2, 0.25) is 0 Å². The van der Waals surface area contributed by atoms with E-state index in [-0.39, 0.29) is 11.7 Å². The first-order valence-electron chi connectivity index (χ1n) is 5.67. The van der Waals surface area contributed by atoms with Crippen LogP contribution in [0, 0.1) is 9.49 Å². The van der Waals surface area contributed by atoms with E-state index in [0.29, 0.717) is 18.0 Å². The van der Waals surface area contributed by atoms with Crippen LogP contribution in [0.5, 0.6) is 0 Å². The molecule has 1 aromatic carbocycles. The van der Waals surface area contributed by atoms with E-state index in [4.69, 9.17) is 0 Å². The molecule has 0 fully saturated rings. The number of Topliss-reactive ketones (excluding diaryl/α,β-unsaturated/α-hetero) is 1. The summed E-state index contributed by atoms with van der Waals surface area (Å²) in [5, 5.41) is 0. The van der Waals surface area contributed by atoms with Gasteiger partial charge >= 0.3 is 0 Å². The van der Waals surface area contributed by atoms with Crippen molar-refractivity contribution in [3.05, 3.63) is 27.3 Å². The van der Waals surface area contributed by atoms with Crippen LogP contribution in [0.4, 0.5) is 5.69 Å². The molecule has 0 saturated carbocycles. The highest BCUT2D eigenvalue weighted by Gasteiger charge is 2.36. The van der Waals surface area contributed by atoms with Crippen molar-refractivity contribution in [3.63, 3.8) is 0 Å². The third-order valence-corrected chi connectivity index (χ3v) is 3.78. The van der Waals surface area contributed by atoms with Crippen molar-refractivity contribution < 1.29 is 9.59 Å². The van der Waals surface area contributed by atoms with E-state index < -0.39 is 0 Å². The Morgan fingerprint density at radius 3 is 2.65 bits per heavy atom. The van der Waals surface area contributed by atoms with Gasteiger partial charge in [-0.2, -0.15) is 0 Å². The number of amides is 1. The molecule has 3 nitrogen and oxygen atoms in total. The summed E-state index contributed by atoms with van der Waals surface area (Å²) < 4.78 is 0.852. The highest BCUT2D eigenvalue weighted by molar-refractivity contribution is 14.1. The van der Waals surface area contributed by atoms with Gasteiger partial charge in [0.15, 0.2) is 0 Å². The van der Waals surface area contributed by atoms with Crippen LogP contribution in [0.25, 0.3) is 0 Å². The maximum atomic E-state index is 11.9. The van der Waals surface area contributed by atoms with E-state index in [1.807, 2.05) is 18.2 Å². The van der Waals surface area contributed by atoms with Gasteiger partial charge in [-0.3, -0.25) is 9.59 Å². The summed E-state index contributed by atoms with van der Waals surface area (Å²) >= 11 is 2.10. The average molecular weight is 343 g/mol. The molecule has 0 N–H and O–H groups in total. The molecule has 0 radical (unpaired) electrons. The molecule has 0 unspecified atom stereocenters. The summed E-state index contributed by atoms with van der Waals surface area (Å²) in [6.07, 6.45) is 0.907. The van der Waals surface area contributed by atoms with Crippen molar-refractivity contribution in [3.8, 4) is 0 Å². The van der Waals surface area contributed by atoms with E-state index in [0.717, 1.165) is 15.7 Å². The first kappa shape index (κ1) is 12.5. The maximum Gasteiger partial charge on any atom is 0.299 e. The molecular weight excluding hydrogens is 329 g/mol. The summed E-state index contributed by atoms with van der Waals surface area (Å²) in [5.41, 5.74) is 1.34. The van der Waals surface area contributed by atoms with Gasteiger partial charge in [-0.25, -0.2) is 0 Å². The Bertz CT molecular complexity index is 482. The van der Waals surface area contributed by atoms with Gasteiger partial charge in [0.25, 0.3) is 11.7 Å². The summed E-state index contributed by atoms with van der Waals surface area (Å²) in [5.74, 6) is -0.233. The molecule has 0 saturated heterocycles. The van der Waals surface area contributed by atoms with Crippen LogP contribution in [0.15, 0.2) is 18.2 Å². The van der Waals surface area contributed by atoms with Gasteiger partial charge < -0.3 is 4.90 Å². The lowest BCUT2D eigenvalue weighted by molar-refractivity contribution is -0.114. The van der Waals surface area contributed by atoms with E-state index >= 15 is 0 Å². The normalized spacial score (nSPS) is 14.7. The van der Waals surface area contributed by atoms with E-state index in [1.165, 1.54) is 0 Å². The standard InChI is InChI=1S/C13H14INO2/c1-8(2)6-7-15-10-5-3-4-9(14)11(10)12(16)13(15)17/h3-5,8H,6-7H2,1-2H3. The largest absolute Gasteiger partial charge is 0.305 e. The molecule has 0 atom stereocenters. The van der Waals surface area contributed by atoms with Gasteiger partial charge in [-0.1, -0.05) is 19.9 Å². The van der Waals surface area contributed by atoms with Crippen molar-refractivity contribution in [1.29, 1.82) is 0 Å². The minimum atomic E-state index is -0.384. The SMILES string of the molecule is CC(C)CCN1C(=O)C(=O)c2c(I)cccc21. The molecule has 0 aromatic heterocycles. The molecule has 1 amide bonds. The van der Waals surface area contributed by atoms with Crippen LogP contribution in [-0.4, -0.2) is 18.2 Å². The lowest BCUT2D eigenvalue weighted by Gasteiger charge is -2.17. The van der Waals surface area contributed by atoms with Gasteiger partial charge in [0.1, 0.15) is 0 Å². The molecular formula is C13H14INO2. The number of benzene rings is 1. The molecule has 90 valence electrons. The zero-order valence-corrected chi connectivity index (χ0v) is 12.0. The van der Waals surface area contributed by atoms with Crippen molar-refractivity contribution >= 4 is 40.0 Å². The second-order valence-electron chi connectivity index (χ2n) is 4.60. The van der Waals surface area contributed by atoms with Gasteiger partial charge in [0, 0.05) is 10.1 Å². The van der Waals surface area contributed by atoms with Crippen molar-refractivity contribution in [2.75, 3.05) is 11.4 Å². The Morgan fingerprint density at radius 2 is 2.00 bits per heavy atom. The lowest BCUT2D eigenvalue weighted by Crippen LogP contribution is -2.31. The smallest absolute Gasteiger partial charge is 0.299 e. The summed E-state index contributed by atoms with van der Waals surface area (Å²) in [6.45, 7) is 4.84. The summed E-state index contributed by atoms with van der Waals surface area (Å²) in [4.78, 5) is 25.4. The van der Waals surface area contributed by atoms with Crippen LogP contribution >= 0.6 is 22.6 Å². The Kier molecular flexibility index (Phi) is 3.51.